The minimum atomic E-state index is -1.14. The maximum Gasteiger partial charge on any atom is 0.322 e. The molecule has 0 aromatic carbocycles. The molecule has 0 bridgehead atoms. The Morgan fingerprint density at radius 2 is 2.17 bits per heavy atom. The van der Waals surface area contributed by atoms with Crippen LogP contribution in [-0.2, 0) is 9.59 Å². The number of amides is 1. The summed E-state index contributed by atoms with van der Waals surface area (Å²) >= 11 is 0. The SMILES string of the molecule is C=CC(=O)NC[C@H](N)C(=O)O.Cl. The smallest absolute Gasteiger partial charge is 0.322 e. The highest BCUT2D eigenvalue weighted by Crippen LogP contribution is 1.75. The lowest BCUT2D eigenvalue weighted by Crippen LogP contribution is -2.41. The van der Waals surface area contributed by atoms with E-state index in [1.807, 2.05) is 0 Å². The third kappa shape index (κ3) is 5.70. The van der Waals surface area contributed by atoms with E-state index in [9.17, 15) is 9.59 Å². The molecule has 5 nitrogen and oxygen atoms in total. The fourth-order valence-corrected chi connectivity index (χ4v) is 0.370. The molecule has 1 atom stereocenters. The molecule has 0 radical (unpaired) electrons. The average molecular weight is 195 g/mol. The summed E-state index contributed by atoms with van der Waals surface area (Å²) in [5.74, 6) is -1.57. The molecule has 0 heterocycles. The Hall–Kier alpha value is -1.07. The monoisotopic (exact) mass is 194 g/mol. The van der Waals surface area contributed by atoms with Crippen LogP contribution in [-0.4, -0.2) is 29.6 Å². The van der Waals surface area contributed by atoms with Crippen molar-refractivity contribution < 1.29 is 14.7 Å². The van der Waals surface area contributed by atoms with Gasteiger partial charge in [-0.3, -0.25) is 9.59 Å². The van der Waals surface area contributed by atoms with E-state index >= 15 is 0 Å². The highest BCUT2D eigenvalue weighted by atomic mass is 35.5. The summed E-state index contributed by atoms with van der Waals surface area (Å²) in [6, 6.07) is -1.06. The first-order chi connectivity index (χ1) is 5.07. The van der Waals surface area contributed by atoms with E-state index in [0.717, 1.165) is 6.08 Å². The van der Waals surface area contributed by atoms with E-state index < -0.39 is 17.9 Å². The quantitative estimate of drug-likeness (QED) is 0.507. The maximum atomic E-state index is 10.5. The first-order valence-corrected chi connectivity index (χ1v) is 2.96. The number of hydrogen-bond acceptors (Lipinski definition) is 3. The Balaban J connectivity index is 0. The number of carbonyl (C=O) groups excluding carboxylic acids is 1. The van der Waals surface area contributed by atoms with E-state index in [2.05, 4.69) is 11.9 Å². The Kier molecular flexibility index (Phi) is 7.47. The molecular formula is C6H11ClN2O3. The molecule has 0 spiro atoms. The minimum absolute atomic E-state index is 0. The molecule has 0 fully saturated rings. The number of aliphatic carboxylic acids is 1. The van der Waals surface area contributed by atoms with Crippen molar-refractivity contribution in [2.75, 3.05) is 6.54 Å². The van der Waals surface area contributed by atoms with Gasteiger partial charge in [0.05, 0.1) is 0 Å². The lowest BCUT2D eigenvalue weighted by atomic mass is 10.3. The van der Waals surface area contributed by atoms with Crippen LogP contribution in [0, 0.1) is 0 Å². The van der Waals surface area contributed by atoms with Gasteiger partial charge in [-0.25, -0.2) is 0 Å². The van der Waals surface area contributed by atoms with Gasteiger partial charge in [0.2, 0.25) is 5.91 Å². The van der Waals surface area contributed by atoms with Crippen LogP contribution in [0.15, 0.2) is 12.7 Å². The molecule has 0 unspecified atom stereocenters. The van der Waals surface area contributed by atoms with Crippen molar-refractivity contribution in [2.45, 2.75) is 6.04 Å². The predicted molar refractivity (Wildman–Crippen MR) is 46.1 cm³/mol. The van der Waals surface area contributed by atoms with Gasteiger partial charge in [-0.1, -0.05) is 6.58 Å². The number of carboxylic acid groups (broad SMARTS) is 1. The largest absolute Gasteiger partial charge is 0.480 e. The van der Waals surface area contributed by atoms with Crippen molar-refractivity contribution in [3.8, 4) is 0 Å². The van der Waals surface area contributed by atoms with Crippen molar-refractivity contribution in [3.05, 3.63) is 12.7 Å². The third-order valence-corrected chi connectivity index (χ3v) is 0.999. The number of hydrogen-bond donors (Lipinski definition) is 3. The second-order valence-electron chi connectivity index (χ2n) is 1.89. The molecule has 70 valence electrons. The van der Waals surface area contributed by atoms with Crippen LogP contribution in [0.3, 0.4) is 0 Å². The van der Waals surface area contributed by atoms with Crippen LogP contribution < -0.4 is 11.1 Å². The van der Waals surface area contributed by atoms with Gasteiger partial charge in [0.25, 0.3) is 0 Å². The third-order valence-electron chi connectivity index (χ3n) is 0.999. The topological polar surface area (TPSA) is 92.4 Å². The van der Waals surface area contributed by atoms with Gasteiger partial charge >= 0.3 is 5.97 Å². The van der Waals surface area contributed by atoms with E-state index in [-0.39, 0.29) is 19.0 Å². The molecule has 4 N–H and O–H groups in total. The van der Waals surface area contributed by atoms with Crippen molar-refractivity contribution in [1.82, 2.24) is 5.32 Å². The van der Waals surface area contributed by atoms with Crippen LogP contribution in [0.25, 0.3) is 0 Å². The van der Waals surface area contributed by atoms with Crippen molar-refractivity contribution >= 4 is 24.3 Å². The molecule has 6 heteroatoms. The van der Waals surface area contributed by atoms with Crippen LogP contribution in [0.1, 0.15) is 0 Å². The second-order valence-corrected chi connectivity index (χ2v) is 1.89. The molecule has 0 saturated heterocycles. The summed E-state index contributed by atoms with van der Waals surface area (Å²) in [7, 11) is 0. The fourth-order valence-electron chi connectivity index (χ4n) is 0.370. The van der Waals surface area contributed by atoms with Gasteiger partial charge in [0.1, 0.15) is 6.04 Å². The Bertz CT molecular complexity index is 184. The lowest BCUT2D eigenvalue weighted by molar-refractivity contribution is -0.138. The average Bonchev–Trinajstić information content (AvgIpc) is 1.99. The molecular weight excluding hydrogens is 184 g/mol. The zero-order valence-corrected chi connectivity index (χ0v) is 7.13. The highest BCUT2D eigenvalue weighted by Gasteiger charge is 2.10. The summed E-state index contributed by atoms with van der Waals surface area (Å²) in [6.45, 7) is 3.10. The summed E-state index contributed by atoms with van der Waals surface area (Å²) < 4.78 is 0. The molecule has 0 saturated carbocycles. The summed E-state index contributed by atoms with van der Waals surface area (Å²) in [6.07, 6.45) is 1.05. The second kappa shape index (κ2) is 6.63. The lowest BCUT2D eigenvalue weighted by Gasteiger charge is -2.05. The molecule has 0 aliphatic heterocycles. The molecule has 0 rings (SSSR count). The Morgan fingerprint density at radius 3 is 2.50 bits per heavy atom. The number of nitrogens with one attached hydrogen (secondary N) is 1. The summed E-state index contributed by atoms with van der Waals surface area (Å²) in [4.78, 5) is 20.6. The normalized spacial score (nSPS) is 10.8. The zero-order valence-electron chi connectivity index (χ0n) is 6.32. The van der Waals surface area contributed by atoms with Gasteiger partial charge in [-0.05, 0) is 6.08 Å². The fraction of sp³-hybridized carbons (Fsp3) is 0.333. The van der Waals surface area contributed by atoms with E-state index in [1.165, 1.54) is 0 Å². The number of carboxylic acids is 1. The van der Waals surface area contributed by atoms with Gasteiger partial charge in [-0.2, -0.15) is 0 Å². The van der Waals surface area contributed by atoms with E-state index in [1.54, 1.807) is 0 Å². The standard InChI is InChI=1S/C6H10N2O3.ClH/c1-2-5(9)8-3-4(7)6(10)11;/h2,4H,1,3,7H2,(H,8,9)(H,10,11);1H/t4-;/m0./s1. The van der Waals surface area contributed by atoms with E-state index in [4.69, 9.17) is 10.8 Å². The predicted octanol–water partition coefficient (Wildman–Crippen LogP) is -0.878. The van der Waals surface area contributed by atoms with Crippen molar-refractivity contribution in [3.63, 3.8) is 0 Å². The molecule has 1 amide bonds. The van der Waals surface area contributed by atoms with Gasteiger partial charge in [0, 0.05) is 6.54 Å². The first kappa shape index (κ1) is 13.5. The van der Waals surface area contributed by atoms with Gasteiger partial charge in [0.15, 0.2) is 0 Å². The van der Waals surface area contributed by atoms with Gasteiger partial charge < -0.3 is 16.2 Å². The molecule has 12 heavy (non-hydrogen) atoms. The van der Waals surface area contributed by atoms with Crippen molar-refractivity contribution in [1.29, 1.82) is 0 Å². The summed E-state index contributed by atoms with van der Waals surface area (Å²) in [5, 5.41) is 10.5. The van der Waals surface area contributed by atoms with Crippen LogP contribution in [0.5, 0.6) is 0 Å². The highest BCUT2D eigenvalue weighted by molar-refractivity contribution is 5.87. The molecule has 0 aliphatic carbocycles. The maximum absolute atomic E-state index is 10.5. The number of carbonyl (C=O) groups is 2. The molecule has 0 aromatic rings. The first-order valence-electron chi connectivity index (χ1n) is 2.96. The number of nitrogens with two attached hydrogens (primary N) is 1. The number of halogens is 1. The number of rotatable bonds is 4. The molecule has 0 aliphatic rings. The van der Waals surface area contributed by atoms with Crippen LogP contribution >= 0.6 is 12.4 Å². The summed E-state index contributed by atoms with van der Waals surface area (Å²) in [5.41, 5.74) is 5.07. The van der Waals surface area contributed by atoms with Crippen LogP contribution in [0.4, 0.5) is 0 Å². The van der Waals surface area contributed by atoms with Crippen LogP contribution in [0.2, 0.25) is 0 Å². The van der Waals surface area contributed by atoms with E-state index in [0.29, 0.717) is 0 Å². The van der Waals surface area contributed by atoms with Gasteiger partial charge in [-0.15, -0.1) is 12.4 Å². The minimum Gasteiger partial charge on any atom is -0.480 e. The Labute approximate surface area is 76.0 Å². The molecule has 0 aromatic heterocycles. The zero-order chi connectivity index (χ0) is 8.85. The van der Waals surface area contributed by atoms with Crippen molar-refractivity contribution in [2.24, 2.45) is 5.73 Å². The Morgan fingerprint density at radius 1 is 1.67 bits per heavy atom.